The average Bonchev–Trinajstić information content (AvgIpc) is 2.72. The highest BCUT2D eigenvalue weighted by atomic mass is 16.4. The molecular weight excluding hydrogens is 272 g/mol. The molecule has 0 atom stereocenters. The molecule has 21 heavy (non-hydrogen) atoms. The maximum Gasteiger partial charge on any atom is 0.311 e. The Kier molecular flexibility index (Phi) is 4.77. The predicted octanol–water partition coefficient (Wildman–Crippen LogP) is 1.94. The van der Waals surface area contributed by atoms with Gasteiger partial charge in [0.1, 0.15) is 5.75 Å². The number of amides is 1. The van der Waals surface area contributed by atoms with E-state index in [0.717, 1.165) is 25.7 Å². The first-order valence-corrected chi connectivity index (χ1v) is 7.20. The molecule has 6 nitrogen and oxygen atoms in total. The van der Waals surface area contributed by atoms with Gasteiger partial charge in [-0.05, 0) is 18.9 Å². The van der Waals surface area contributed by atoms with E-state index in [1.807, 2.05) is 0 Å². The fraction of sp³-hybridized carbons (Fsp3) is 0.533. The number of nitrogens with zero attached hydrogens (tertiary/aromatic N) is 1. The number of aliphatic carboxylic acids is 1. The molecule has 3 N–H and O–H groups in total. The second-order valence-corrected chi connectivity index (χ2v) is 5.58. The highest BCUT2D eigenvalue weighted by Gasteiger charge is 2.39. The van der Waals surface area contributed by atoms with Gasteiger partial charge in [0.15, 0.2) is 0 Å². The Morgan fingerprint density at radius 2 is 1.90 bits per heavy atom. The van der Waals surface area contributed by atoms with E-state index in [0.29, 0.717) is 12.8 Å². The molecular formula is C15H20N2O4. The lowest BCUT2D eigenvalue weighted by Crippen LogP contribution is -2.42. The second-order valence-electron chi connectivity index (χ2n) is 5.58. The number of hydrogen-bond acceptors (Lipinski definition) is 4. The van der Waals surface area contributed by atoms with Crippen LogP contribution in [0.1, 0.15) is 48.9 Å². The molecule has 1 fully saturated rings. The largest absolute Gasteiger partial charge is 0.505 e. The summed E-state index contributed by atoms with van der Waals surface area (Å²) in [7, 11) is 0. The summed E-state index contributed by atoms with van der Waals surface area (Å²) in [5, 5.41) is 21.8. The Morgan fingerprint density at radius 1 is 1.24 bits per heavy atom. The van der Waals surface area contributed by atoms with Gasteiger partial charge < -0.3 is 15.5 Å². The van der Waals surface area contributed by atoms with Crippen LogP contribution in [-0.2, 0) is 4.79 Å². The standard InChI is InChI=1S/C15H20N2O4/c18-12-9-16-8-5-11(12)13(19)17-10-15(14(20)21)6-3-1-2-4-7-15/h5,8-9,18H,1-4,6-7,10H2,(H,17,19)(H,20,21). The van der Waals surface area contributed by atoms with E-state index in [-0.39, 0.29) is 17.9 Å². The van der Waals surface area contributed by atoms with Crippen molar-refractivity contribution in [2.45, 2.75) is 38.5 Å². The third kappa shape index (κ3) is 3.51. The zero-order chi connectivity index (χ0) is 15.3. The van der Waals surface area contributed by atoms with E-state index in [4.69, 9.17) is 0 Å². The van der Waals surface area contributed by atoms with Crippen LogP contribution in [0, 0.1) is 5.41 Å². The van der Waals surface area contributed by atoms with Crippen molar-refractivity contribution >= 4 is 11.9 Å². The normalized spacial score (nSPS) is 17.7. The zero-order valence-corrected chi connectivity index (χ0v) is 11.8. The maximum absolute atomic E-state index is 12.1. The fourth-order valence-electron chi connectivity index (χ4n) is 2.79. The number of rotatable bonds is 4. The van der Waals surface area contributed by atoms with Crippen LogP contribution >= 0.6 is 0 Å². The Hall–Kier alpha value is -2.11. The van der Waals surface area contributed by atoms with Crippen molar-refractivity contribution in [3.05, 3.63) is 24.0 Å². The van der Waals surface area contributed by atoms with E-state index in [1.165, 1.54) is 18.5 Å². The molecule has 1 saturated carbocycles. The molecule has 0 bridgehead atoms. The molecule has 1 heterocycles. The van der Waals surface area contributed by atoms with Crippen molar-refractivity contribution in [1.82, 2.24) is 10.3 Å². The minimum Gasteiger partial charge on any atom is -0.505 e. The fourth-order valence-corrected chi connectivity index (χ4v) is 2.79. The van der Waals surface area contributed by atoms with Gasteiger partial charge in [-0.15, -0.1) is 0 Å². The highest BCUT2D eigenvalue weighted by Crippen LogP contribution is 2.35. The lowest BCUT2D eigenvalue weighted by Gasteiger charge is -2.28. The van der Waals surface area contributed by atoms with E-state index < -0.39 is 17.3 Å². The van der Waals surface area contributed by atoms with Gasteiger partial charge >= 0.3 is 5.97 Å². The molecule has 6 heteroatoms. The van der Waals surface area contributed by atoms with Gasteiger partial charge in [-0.1, -0.05) is 25.7 Å². The number of aromatic hydroxyl groups is 1. The van der Waals surface area contributed by atoms with Crippen LogP contribution in [0.2, 0.25) is 0 Å². The minimum absolute atomic E-state index is 0.0862. The Labute approximate surface area is 123 Å². The number of carboxylic acid groups (broad SMARTS) is 1. The summed E-state index contributed by atoms with van der Waals surface area (Å²) in [5.41, 5.74) is -0.784. The summed E-state index contributed by atoms with van der Waals surface area (Å²) in [4.78, 5) is 27.4. The van der Waals surface area contributed by atoms with Crippen LogP contribution in [0.3, 0.4) is 0 Å². The summed E-state index contributed by atoms with van der Waals surface area (Å²) in [6.45, 7) is 0.0862. The minimum atomic E-state index is -0.894. The molecule has 0 radical (unpaired) electrons. The van der Waals surface area contributed by atoms with Crippen molar-refractivity contribution in [2.24, 2.45) is 5.41 Å². The summed E-state index contributed by atoms with van der Waals surface area (Å²) in [6, 6.07) is 1.41. The number of hydrogen-bond donors (Lipinski definition) is 3. The van der Waals surface area contributed by atoms with Gasteiger partial charge in [0, 0.05) is 12.7 Å². The zero-order valence-electron chi connectivity index (χ0n) is 11.8. The maximum atomic E-state index is 12.1. The van der Waals surface area contributed by atoms with Crippen LogP contribution in [0.5, 0.6) is 5.75 Å². The molecule has 0 aromatic carbocycles. The molecule has 114 valence electrons. The Morgan fingerprint density at radius 3 is 2.48 bits per heavy atom. The molecule has 1 amide bonds. The number of pyridine rings is 1. The first-order valence-electron chi connectivity index (χ1n) is 7.20. The van der Waals surface area contributed by atoms with Crippen molar-refractivity contribution in [1.29, 1.82) is 0 Å². The average molecular weight is 292 g/mol. The van der Waals surface area contributed by atoms with Crippen molar-refractivity contribution in [2.75, 3.05) is 6.54 Å². The summed E-state index contributed by atoms with van der Waals surface area (Å²) in [6.07, 6.45) is 7.55. The number of carboxylic acids is 1. The van der Waals surface area contributed by atoms with Gasteiger partial charge in [-0.3, -0.25) is 14.6 Å². The van der Waals surface area contributed by atoms with Crippen LogP contribution in [0.25, 0.3) is 0 Å². The van der Waals surface area contributed by atoms with Crippen molar-refractivity contribution in [3.8, 4) is 5.75 Å². The quantitative estimate of drug-likeness (QED) is 0.736. The molecule has 1 aromatic heterocycles. The molecule has 0 spiro atoms. The van der Waals surface area contributed by atoms with Gasteiger partial charge in [-0.2, -0.15) is 0 Å². The lowest BCUT2D eigenvalue weighted by atomic mass is 9.80. The number of nitrogens with one attached hydrogen (secondary N) is 1. The molecule has 1 aliphatic rings. The van der Waals surface area contributed by atoms with Crippen LogP contribution < -0.4 is 5.32 Å². The van der Waals surface area contributed by atoms with E-state index in [9.17, 15) is 19.8 Å². The molecule has 1 aliphatic carbocycles. The Bertz CT molecular complexity index is 522. The monoisotopic (exact) mass is 292 g/mol. The third-order valence-electron chi connectivity index (χ3n) is 4.15. The predicted molar refractivity (Wildman–Crippen MR) is 76.0 cm³/mol. The number of carbonyl (C=O) groups is 2. The molecule has 1 aromatic rings. The van der Waals surface area contributed by atoms with E-state index in [1.54, 1.807) is 0 Å². The highest BCUT2D eigenvalue weighted by molar-refractivity contribution is 5.96. The van der Waals surface area contributed by atoms with Gasteiger partial charge in [0.25, 0.3) is 5.91 Å². The van der Waals surface area contributed by atoms with Crippen LogP contribution in [-0.4, -0.2) is 33.6 Å². The van der Waals surface area contributed by atoms with Crippen LogP contribution in [0.4, 0.5) is 0 Å². The van der Waals surface area contributed by atoms with Crippen molar-refractivity contribution in [3.63, 3.8) is 0 Å². The first-order chi connectivity index (χ1) is 10.1. The summed E-state index contributed by atoms with van der Waals surface area (Å²) >= 11 is 0. The summed E-state index contributed by atoms with van der Waals surface area (Å²) < 4.78 is 0. The van der Waals surface area contributed by atoms with Crippen LogP contribution in [0.15, 0.2) is 18.5 Å². The van der Waals surface area contributed by atoms with E-state index in [2.05, 4.69) is 10.3 Å². The Balaban J connectivity index is 2.07. The third-order valence-corrected chi connectivity index (χ3v) is 4.15. The van der Waals surface area contributed by atoms with Gasteiger partial charge in [-0.25, -0.2) is 0 Å². The topological polar surface area (TPSA) is 99.5 Å². The van der Waals surface area contributed by atoms with Gasteiger partial charge in [0.05, 0.1) is 17.2 Å². The second kappa shape index (κ2) is 6.56. The molecule has 0 saturated heterocycles. The number of carbonyl (C=O) groups excluding carboxylic acids is 1. The smallest absolute Gasteiger partial charge is 0.311 e. The SMILES string of the molecule is O=C(NCC1(C(=O)O)CCCCCC1)c1ccncc1O. The van der Waals surface area contributed by atoms with E-state index >= 15 is 0 Å². The molecule has 0 aliphatic heterocycles. The number of aromatic nitrogens is 1. The van der Waals surface area contributed by atoms with Gasteiger partial charge in [0.2, 0.25) is 0 Å². The first kappa shape index (κ1) is 15.3. The molecule has 0 unspecified atom stereocenters. The van der Waals surface area contributed by atoms with Crippen molar-refractivity contribution < 1.29 is 19.8 Å². The lowest BCUT2D eigenvalue weighted by molar-refractivity contribution is -0.149. The summed E-state index contributed by atoms with van der Waals surface area (Å²) in [5.74, 6) is -1.54. The molecule has 2 rings (SSSR count).